The number of hydrogen-bond acceptors (Lipinski definition) is 3. The lowest BCUT2D eigenvalue weighted by Crippen LogP contribution is -2.42. The first kappa shape index (κ1) is 20.4. The Morgan fingerprint density at radius 3 is 2.54 bits per heavy atom. The summed E-state index contributed by atoms with van der Waals surface area (Å²) < 4.78 is 2.01. The monoisotopic (exact) mass is 382 g/mol. The highest BCUT2D eigenvalue weighted by Gasteiger charge is 2.13. The molecule has 2 aromatic rings. The summed E-state index contributed by atoms with van der Waals surface area (Å²) in [6, 6.07) is 10.3. The van der Waals surface area contributed by atoms with Crippen LogP contribution < -0.4 is 10.6 Å². The van der Waals surface area contributed by atoms with Crippen molar-refractivity contribution >= 4 is 5.96 Å². The Bertz CT molecular complexity index is 759. The second-order valence-corrected chi connectivity index (χ2v) is 7.42. The molecule has 0 saturated carbocycles. The number of guanidine groups is 1. The van der Waals surface area contributed by atoms with Gasteiger partial charge in [-0.05, 0) is 58.8 Å². The van der Waals surface area contributed by atoms with Crippen molar-refractivity contribution in [1.82, 2.24) is 25.3 Å². The standard InChI is InChI=1S/C22H34N6/c1-4-23-22(24-13-16-27-14-9-6-10-15-27)25-17-21-18(2)26-28(19(21)3)20-11-7-5-8-12-20/h5,7-8,11-12H,4,6,9-10,13-17H2,1-3H3,(H2,23,24,25). The molecule has 2 heterocycles. The number of likely N-dealkylation sites (tertiary alicyclic amines) is 1. The molecule has 28 heavy (non-hydrogen) atoms. The second-order valence-electron chi connectivity index (χ2n) is 7.42. The number of para-hydroxylation sites is 1. The first-order valence-corrected chi connectivity index (χ1v) is 10.5. The van der Waals surface area contributed by atoms with Crippen LogP contribution in [0, 0.1) is 13.8 Å². The van der Waals surface area contributed by atoms with Gasteiger partial charge >= 0.3 is 0 Å². The molecule has 1 aromatic carbocycles. The van der Waals surface area contributed by atoms with Crippen LogP contribution in [0.2, 0.25) is 0 Å². The number of aliphatic imine (C=N–C) groups is 1. The van der Waals surface area contributed by atoms with E-state index < -0.39 is 0 Å². The number of aromatic nitrogens is 2. The van der Waals surface area contributed by atoms with E-state index in [1.165, 1.54) is 37.9 Å². The fourth-order valence-electron chi connectivity index (χ4n) is 3.74. The highest BCUT2D eigenvalue weighted by Crippen LogP contribution is 2.18. The molecule has 0 bridgehead atoms. The Hall–Kier alpha value is -2.34. The molecule has 0 amide bonds. The molecule has 2 N–H and O–H groups in total. The highest BCUT2D eigenvalue weighted by atomic mass is 15.3. The number of nitrogens with one attached hydrogen (secondary N) is 2. The maximum Gasteiger partial charge on any atom is 0.191 e. The molecule has 3 rings (SSSR count). The van der Waals surface area contributed by atoms with E-state index in [0.717, 1.165) is 42.7 Å². The third-order valence-electron chi connectivity index (χ3n) is 5.35. The number of piperidine rings is 1. The SMILES string of the molecule is CCNC(=NCc1c(C)nn(-c2ccccc2)c1C)NCCN1CCCCC1. The van der Waals surface area contributed by atoms with E-state index in [1.807, 2.05) is 22.9 Å². The summed E-state index contributed by atoms with van der Waals surface area (Å²) in [5.74, 6) is 0.880. The Morgan fingerprint density at radius 1 is 1.07 bits per heavy atom. The molecule has 0 unspecified atom stereocenters. The summed E-state index contributed by atoms with van der Waals surface area (Å²) >= 11 is 0. The van der Waals surface area contributed by atoms with Crippen molar-refractivity contribution in [3.05, 3.63) is 47.3 Å². The maximum absolute atomic E-state index is 4.82. The van der Waals surface area contributed by atoms with E-state index in [1.54, 1.807) is 0 Å². The molecule has 1 aromatic heterocycles. The fraction of sp³-hybridized carbons (Fsp3) is 0.545. The van der Waals surface area contributed by atoms with Crippen LogP contribution in [0.15, 0.2) is 35.3 Å². The van der Waals surface area contributed by atoms with Gasteiger partial charge in [0, 0.05) is 30.9 Å². The van der Waals surface area contributed by atoms with Crippen LogP contribution in [-0.4, -0.2) is 53.4 Å². The average Bonchev–Trinajstić information content (AvgIpc) is 3.01. The van der Waals surface area contributed by atoms with Crippen LogP contribution in [0.3, 0.4) is 0 Å². The van der Waals surface area contributed by atoms with E-state index in [4.69, 9.17) is 10.1 Å². The van der Waals surface area contributed by atoms with E-state index in [-0.39, 0.29) is 0 Å². The van der Waals surface area contributed by atoms with Crippen molar-refractivity contribution in [2.24, 2.45) is 4.99 Å². The second kappa shape index (κ2) is 10.3. The third kappa shape index (κ3) is 5.35. The minimum Gasteiger partial charge on any atom is -0.357 e. The van der Waals surface area contributed by atoms with Gasteiger partial charge in [0.1, 0.15) is 0 Å². The van der Waals surface area contributed by atoms with Gasteiger partial charge in [-0.2, -0.15) is 5.10 Å². The number of aryl methyl sites for hydroxylation is 1. The average molecular weight is 383 g/mol. The maximum atomic E-state index is 4.82. The molecule has 6 nitrogen and oxygen atoms in total. The Labute approximate surface area is 169 Å². The largest absolute Gasteiger partial charge is 0.357 e. The van der Waals surface area contributed by atoms with E-state index in [9.17, 15) is 0 Å². The number of hydrogen-bond donors (Lipinski definition) is 2. The number of benzene rings is 1. The van der Waals surface area contributed by atoms with Gasteiger partial charge < -0.3 is 15.5 Å². The summed E-state index contributed by atoms with van der Waals surface area (Å²) in [4.78, 5) is 7.36. The van der Waals surface area contributed by atoms with Crippen molar-refractivity contribution in [1.29, 1.82) is 0 Å². The fourth-order valence-corrected chi connectivity index (χ4v) is 3.74. The zero-order valence-corrected chi connectivity index (χ0v) is 17.5. The molecule has 1 fully saturated rings. The molecule has 6 heteroatoms. The third-order valence-corrected chi connectivity index (χ3v) is 5.35. The Kier molecular flexibility index (Phi) is 7.48. The van der Waals surface area contributed by atoms with Gasteiger partial charge in [-0.3, -0.25) is 0 Å². The Morgan fingerprint density at radius 2 is 1.82 bits per heavy atom. The van der Waals surface area contributed by atoms with Crippen molar-refractivity contribution in [2.45, 2.75) is 46.6 Å². The zero-order valence-electron chi connectivity index (χ0n) is 17.5. The van der Waals surface area contributed by atoms with Gasteiger partial charge in [-0.1, -0.05) is 24.6 Å². The van der Waals surface area contributed by atoms with E-state index >= 15 is 0 Å². The summed E-state index contributed by atoms with van der Waals surface area (Å²) in [5.41, 5.74) is 4.47. The lowest BCUT2D eigenvalue weighted by Gasteiger charge is -2.26. The first-order chi connectivity index (χ1) is 13.7. The van der Waals surface area contributed by atoms with Gasteiger partial charge in [0.25, 0.3) is 0 Å². The van der Waals surface area contributed by atoms with Crippen LogP contribution in [-0.2, 0) is 6.54 Å². The molecular weight excluding hydrogens is 348 g/mol. The molecule has 152 valence electrons. The molecule has 1 saturated heterocycles. The van der Waals surface area contributed by atoms with Crippen LogP contribution in [0.5, 0.6) is 0 Å². The van der Waals surface area contributed by atoms with Crippen LogP contribution >= 0.6 is 0 Å². The quantitative estimate of drug-likeness (QED) is 0.571. The first-order valence-electron chi connectivity index (χ1n) is 10.5. The van der Waals surface area contributed by atoms with Gasteiger partial charge in [0.15, 0.2) is 5.96 Å². The molecule has 1 aliphatic heterocycles. The summed E-state index contributed by atoms with van der Waals surface area (Å²) in [6.07, 6.45) is 4.04. The number of nitrogens with zero attached hydrogens (tertiary/aromatic N) is 4. The summed E-state index contributed by atoms with van der Waals surface area (Å²) in [7, 11) is 0. The topological polar surface area (TPSA) is 57.5 Å². The normalized spacial score (nSPS) is 15.6. The van der Waals surface area contributed by atoms with Crippen molar-refractivity contribution in [2.75, 3.05) is 32.7 Å². The Balaban J connectivity index is 1.63. The van der Waals surface area contributed by atoms with Crippen molar-refractivity contribution in [3.63, 3.8) is 0 Å². The lowest BCUT2D eigenvalue weighted by atomic mass is 10.1. The van der Waals surface area contributed by atoms with Gasteiger partial charge in [-0.15, -0.1) is 0 Å². The van der Waals surface area contributed by atoms with Crippen LogP contribution in [0.4, 0.5) is 0 Å². The summed E-state index contributed by atoms with van der Waals surface area (Å²) in [6.45, 7) is 12.2. The van der Waals surface area contributed by atoms with Crippen LogP contribution in [0.25, 0.3) is 5.69 Å². The molecule has 0 atom stereocenters. The molecule has 0 aliphatic carbocycles. The van der Waals surface area contributed by atoms with Gasteiger partial charge in [0.05, 0.1) is 17.9 Å². The lowest BCUT2D eigenvalue weighted by molar-refractivity contribution is 0.232. The smallest absolute Gasteiger partial charge is 0.191 e. The molecule has 0 radical (unpaired) electrons. The van der Waals surface area contributed by atoms with Gasteiger partial charge in [0.2, 0.25) is 0 Å². The predicted molar refractivity (Wildman–Crippen MR) is 116 cm³/mol. The molecular formula is C22H34N6. The minimum atomic E-state index is 0.629. The highest BCUT2D eigenvalue weighted by molar-refractivity contribution is 5.79. The zero-order chi connectivity index (χ0) is 19.8. The van der Waals surface area contributed by atoms with E-state index in [2.05, 4.69) is 48.4 Å². The van der Waals surface area contributed by atoms with Crippen molar-refractivity contribution < 1.29 is 0 Å². The minimum absolute atomic E-state index is 0.629. The summed E-state index contributed by atoms with van der Waals surface area (Å²) in [5, 5.41) is 11.6. The van der Waals surface area contributed by atoms with Gasteiger partial charge in [-0.25, -0.2) is 9.67 Å². The number of rotatable bonds is 7. The predicted octanol–water partition coefficient (Wildman–Crippen LogP) is 3.03. The van der Waals surface area contributed by atoms with E-state index in [0.29, 0.717) is 6.54 Å². The van der Waals surface area contributed by atoms with Crippen molar-refractivity contribution in [3.8, 4) is 5.69 Å². The molecule has 0 spiro atoms. The molecule has 1 aliphatic rings. The van der Waals surface area contributed by atoms with Crippen LogP contribution in [0.1, 0.15) is 43.1 Å².